The predicted molar refractivity (Wildman–Crippen MR) is 77.2 cm³/mol. The fraction of sp³-hybridized carbons (Fsp3) is 0.250. The number of hydrogen-bond acceptors (Lipinski definition) is 2. The van der Waals surface area contributed by atoms with Crippen LogP contribution in [0.25, 0.3) is 11.2 Å². The summed E-state index contributed by atoms with van der Waals surface area (Å²) in [6.07, 6.45) is 0. The lowest BCUT2D eigenvalue weighted by Gasteiger charge is -2.22. The number of imidazole rings is 1. The minimum Gasteiger partial charge on any atom is -0.340 e. The fourth-order valence-corrected chi connectivity index (χ4v) is 2.27. The van der Waals surface area contributed by atoms with Crippen molar-refractivity contribution in [2.45, 2.75) is 26.2 Å². The van der Waals surface area contributed by atoms with Gasteiger partial charge in [0.05, 0.1) is 5.52 Å². The molecule has 0 unspecified atom stereocenters. The van der Waals surface area contributed by atoms with Gasteiger partial charge in [0.2, 0.25) is 0 Å². The van der Waals surface area contributed by atoms with Crippen LogP contribution in [-0.4, -0.2) is 15.0 Å². The zero-order chi connectivity index (χ0) is 13.5. The van der Waals surface area contributed by atoms with Crippen LogP contribution in [0.5, 0.6) is 0 Å². The van der Waals surface area contributed by atoms with Crippen molar-refractivity contribution in [3.8, 4) is 0 Å². The summed E-state index contributed by atoms with van der Waals surface area (Å²) in [7, 11) is 0. The third kappa shape index (κ3) is 2.01. The number of rotatable bonds is 2. The van der Waals surface area contributed by atoms with E-state index in [1.54, 1.807) is 0 Å². The smallest absolute Gasteiger partial charge is 0.177 e. The number of nitrogens with one attached hydrogen (secondary N) is 1. The normalized spacial score (nSPS) is 11.9. The molecule has 0 saturated carbocycles. The minimum atomic E-state index is -0.157. The van der Waals surface area contributed by atoms with Crippen molar-refractivity contribution in [1.82, 2.24) is 15.0 Å². The summed E-state index contributed by atoms with van der Waals surface area (Å²) in [4.78, 5) is 12.5. The number of hydrogen-bond donors (Lipinski definition) is 1. The summed E-state index contributed by atoms with van der Waals surface area (Å²) in [5.74, 6) is 0.951. The van der Waals surface area contributed by atoms with E-state index in [1.807, 2.05) is 25.1 Å². The molecule has 1 N–H and O–H groups in total. The number of aromatic nitrogens is 3. The van der Waals surface area contributed by atoms with Gasteiger partial charge in [-0.15, -0.1) is 0 Å². The molecule has 0 radical (unpaired) electrons. The summed E-state index contributed by atoms with van der Waals surface area (Å²) >= 11 is 0. The van der Waals surface area contributed by atoms with Gasteiger partial charge in [0, 0.05) is 11.1 Å². The van der Waals surface area contributed by atoms with E-state index in [0.29, 0.717) is 0 Å². The molecule has 0 aliphatic carbocycles. The van der Waals surface area contributed by atoms with Crippen molar-refractivity contribution in [3.63, 3.8) is 0 Å². The first-order valence-corrected chi connectivity index (χ1v) is 6.47. The molecule has 19 heavy (non-hydrogen) atoms. The Bertz CT molecular complexity index is 711. The maximum Gasteiger partial charge on any atom is 0.177 e. The summed E-state index contributed by atoms with van der Waals surface area (Å²) in [5.41, 5.74) is 3.85. The van der Waals surface area contributed by atoms with Crippen LogP contribution in [0.2, 0.25) is 0 Å². The van der Waals surface area contributed by atoms with Crippen LogP contribution < -0.4 is 0 Å². The molecule has 0 fully saturated rings. The van der Waals surface area contributed by atoms with E-state index in [4.69, 9.17) is 0 Å². The van der Waals surface area contributed by atoms with E-state index in [1.165, 1.54) is 5.56 Å². The molecule has 3 aromatic rings. The summed E-state index contributed by atoms with van der Waals surface area (Å²) < 4.78 is 0. The Kier molecular flexibility index (Phi) is 2.63. The van der Waals surface area contributed by atoms with Crippen molar-refractivity contribution < 1.29 is 0 Å². The Morgan fingerprint density at radius 2 is 1.68 bits per heavy atom. The second-order valence-corrected chi connectivity index (χ2v) is 5.40. The lowest BCUT2D eigenvalue weighted by molar-refractivity contribution is 0.601. The molecule has 0 spiro atoms. The van der Waals surface area contributed by atoms with Crippen molar-refractivity contribution >= 4 is 11.2 Å². The van der Waals surface area contributed by atoms with Gasteiger partial charge in [-0.05, 0) is 38.5 Å². The summed E-state index contributed by atoms with van der Waals surface area (Å²) in [6, 6.07) is 14.4. The first-order valence-electron chi connectivity index (χ1n) is 6.47. The molecule has 2 aromatic heterocycles. The molecule has 0 bridgehead atoms. The van der Waals surface area contributed by atoms with Gasteiger partial charge in [-0.1, -0.05) is 30.3 Å². The molecule has 3 rings (SSSR count). The van der Waals surface area contributed by atoms with E-state index in [-0.39, 0.29) is 5.41 Å². The van der Waals surface area contributed by atoms with Gasteiger partial charge >= 0.3 is 0 Å². The third-order valence-corrected chi connectivity index (χ3v) is 3.57. The van der Waals surface area contributed by atoms with E-state index in [0.717, 1.165) is 22.7 Å². The maximum absolute atomic E-state index is 4.65. The van der Waals surface area contributed by atoms with Crippen molar-refractivity contribution in [2.24, 2.45) is 0 Å². The third-order valence-electron chi connectivity index (χ3n) is 3.57. The lowest BCUT2D eigenvalue weighted by Crippen LogP contribution is -2.20. The van der Waals surface area contributed by atoms with Crippen LogP contribution in [0, 0.1) is 6.92 Å². The number of H-pyrrole nitrogens is 1. The number of aromatic amines is 1. The van der Waals surface area contributed by atoms with Crippen LogP contribution in [0.15, 0.2) is 42.5 Å². The van der Waals surface area contributed by atoms with Gasteiger partial charge in [0.25, 0.3) is 0 Å². The molecule has 3 heteroatoms. The zero-order valence-corrected chi connectivity index (χ0v) is 11.4. The number of aryl methyl sites for hydroxylation is 1. The Labute approximate surface area is 112 Å². The molecule has 2 heterocycles. The molecule has 0 aliphatic rings. The molecule has 1 aromatic carbocycles. The summed E-state index contributed by atoms with van der Waals surface area (Å²) in [6.45, 7) is 6.33. The number of benzene rings is 1. The highest BCUT2D eigenvalue weighted by Gasteiger charge is 2.26. The Hall–Kier alpha value is -2.16. The van der Waals surface area contributed by atoms with Crippen LogP contribution in [0.1, 0.15) is 30.9 Å². The highest BCUT2D eigenvalue weighted by atomic mass is 15.0. The molecule has 0 saturated heterocycles. The molecule has 3 nitrogen and oxygen atoms in total. The number of pyridine rings is 1. The fourth-order valence-electron chi connectivity index (χ4n) is 2.27. The van der Waals surface area contributed by atoms with E-state index in [2.05, 4.69) is 53.1 Å². The van der Waals surface area contributed by atoms with E-state index >= 15 is 0 Å². The molecular weight excluding hydrogens is 234 g/mol. The predicted octanol–water partition coefficient (Wildman–Crippen LogP) is 3.59. The second kappa shape index (κ2) is 4.19. The second-order valence-electron chi connectivity index (χ2n) is 5.40. The first-order chi connectivity index (χ1) is 9.07. The summed E-state index contributed by atoms with van der Waals surface area (Å²) in [5, 5.41) is 0. The van der Waals surface area contributed by atoms with Gasteiger partial charge in [-0.3, -0.25) is 0 Å². The molecular formula is C16H17N3. The molecule has 0 atom stereocenters. The number of fused-ring (bicyclic) bond motifs is 1. The SMILES string of the molecule is Cc1ccc2[nH]c(C(C)(C)c3ccccc3)nc2n1. The quantitative estimate of drug-likeness (QED) is 0.756. The van der Waals surface area contributed by atoms with Crippen LogP contribution in [0.3, 0.4) is 0 Å². The monoisotopic (exact) mass is 251 g/mol. The first kappa shape index (κ1) is 11.9. The van der Waals surface area contributed by atoms with Crippen molar-refractivity contribution in [2.75, 3.05) is 0 Å². The van der Waals surface area contributed by atoms with E-state index in [9.17, 15) is 0 Å². The van der Waals surface area contributed by atoms with Gasteiger partial charge < -0.3 is 4.98 Å². The molecule has 0 amide bonds. The topological polar surface area (TPSA) is 41.6 Å². The van der Waals surface area contributed by atoms with Crippen molar-refractivity contribution in [3.05, 3.63) is 59.5 Å². The van der Waals surface area contributed by atoms with Crippen molar-refractivity contribution in [1.29, 1.82) is 0 Å². The Balaban J connectivity index is 2.13. The van der Waals surface area contributed by atoms with Crippen LogP contribution >= 0.6 is 0 Å². The Morgan fingerprint density at radius 3 is 2.42 bits per heavy atom. The largest absolute Gasteiger partial charge is 0.340 e. The Morgan fingerprint density at radius 1 is 0.947 bits per heavy atom. The maximum atomic E-state index is 4.65. The van der Waals surface area contributed by atoms with Gasteiger partial charge in [-0.2, -0.15) is 0 Å². The molecule has 0 aliphatic heterocycles. The standard InChI is InChI=1S/C16H17N3/c1-11-9-10-13-14(17-11)19-15(18-13)16(2,3)12-7-5-4-6-8-12/h4-10H,1-3H3,(H,17,18,19). The number of nitrogens with zero attached hydrogens (tertiary/aromatic N) is 2. The highest BCUT2D eigenvalue weighted by Crippen LogP contribution is 2.30. The average molecular weight is 251 g/mol. The van der Waals surface area contributed by atoms with Gasteiger partial charge in [0.1, 0.15) is 5.82 Å². The lowest BCUT2D eigenvalue weighted by atomic mass is 9.84. The minimum absolute atomic E-state index is 0.157. The highest BCUT2D eigenvalue weighted by molar-refractivity contribution is 5.71. The average Bonchev–Trinajstić information content (AvgIpc) is 2.83. The van der Waals surface area contributed by atoms with Crippen LogP contribution in [-0.2, 0) is 5.41 Å². The zero-order valence-electron chi connectivity index (χ0n) is 11.4. The van der Waals surface area contributed by atoms with Gasteiger partial charge in [-0.25, -0.2) is 9.97 Å². The van der Waals surface area contributed by atoms with E-state index < -0.39 is 0 Å². The van der Waals surface area contributed by atoms with Crippen LogP contribution in [0.4, 0.5) is 0 Å². The molecule has 96 valence electrons. The van der Waals surface area contributed by atoms with Gasteiger partial charge in [0.15, 0.2) is 5.65 Å².